The predicted octanol–water partition coefficient (Wildman–Crippen LogP) is 4.50. The molecule has 4 heteroatoms. The van der Waals surface area contributed by atoms with Crippen molar-refractivity contribution in [3.63, 3.8) is 0 Å². The molecule has 0 N–H and O–H groups in total. The molecule has 0 aromatic heterocycles. The largest absolute Gasteiger partial charge is 0.416 e. The predicted molar refractivity (Wildman–Crippen MR) is 70.7 cm³/mol. The van der Waals surface area contributed by atoms with Crippen molar-refractivity contribution >= 4 is 5.78 Å². The Labute approximate surface area is 115 Å². The molecular formula is C16H13F3O. The third-order valence-electron chi connectivity index (χ3n) is 2.98. The van der Waals surface area contributed by atoms with Crippen LogP contribution in [0.5, 0.6) is 0 Å². The summed E-state index contributed by atoms with van der Waals surface area (Å²) < 4.78 is 38.5. The molecule has 0 unspecified atom stereocenters. The van der Waals surface area contributed by atoms with Gasteiger partial charge in [-0.15, -0.1) is 0 Å². The number of benzene rings is 2. The zero-order valence-corrected chi connectivity index (χ0v) is 10.9. The molecule has 0 heterocycles. The van der Waals surface area contributed by atoms with Crippen molar-refractivity contribution in [1.82, 2.24) is 0 Å². The first kappa shape index (κ1) is 14.3. The molecule has 0 atom stereocenters. The number of halogens is 3. The van der Waals surface area contributed by atoms with Gasteiger partial charge in [-0.2, -0.15) is 13.2 Å². The maximum Gasteiger partial charge on any atom is 0.416 e. The highest BCUT2D eigenvalue weighted by molar-refractivity contribution is 5.94. The Hall–Kier alpha value is -2.10. The van der Waals surface area contributed by atoms with Gasteiger partial charge in [0.25, 0.3) is 0 Å². The standard InChI is InChI=1S/C16H13F3O/c1-11(20)14-8-13(7-12-5-3-2-4-6-12)9-15(10-14)16(17,18)19/h2-6,8-10H,7H2,1H3. The monoisotopic (exact) mass is 278 g/mol. The summed E-state index contributed by atoms with van der Waals surface area (Å²) in [7, 11) is 0. The second-order valence-electron chi connectivity index (χ2n) is 4.63. The van der Waals surface area contributed by atoms with Gasteiger partial charge in [-0.05, 0) is 42.7 Å². The molecular weight excluding hydrogens is 265 g/mol. The number of hydrogen-bond acceptors (Lipinski definition) is 1. The molecule has 0 aliphatic heterocycles. The van der Waals surface area contributed by atoms with Crippen molar-refractivity contribution in [1.29, 1.82) is 0 Å². The zero-order chi connectivity index (χ0) is 14.8. The van der Waals surface area contributed by atoms with Crippen molar-refractivity contribution in [2.45, 2.75) is 19.5 Å². The third kappa shape index (κ3) is 3.47. The molecule has 0 aliphatic rings. The topological polar surface area (TPSA) is 17.1 Å². The molecule has 0 fully saturated rings. The van der Waals surface area contributed by atoms with Crippen molar-refractivity contribution in [3.8, 4) is 0 Å². The summed E-state index contributed by atoms with van der Waals surface area (Å²) in [5.41, 5.74) is 0.694. The van der Waals surface area contributed by atoms with Crippen LogP contribution in [0.2, 0.25) is 0 Å². The van der Waals surface area contributed by atoms with Crippen LogP contribution >= 0.6 is 0 Å². The fourth-order valence-electron chi connectivity index (χ4n) is 1.99. The van der Waals surface area contributed by atoms with Gasteiger partial charge in [0.05, 0.1) is 5.56 Å². The van der Waals surface area contributed by atoms with Gasteiger partial charge >= 0.3 is 6.18 Å². The van der Waals surface area contributed by atoms with E-state index in [2.05, 4.69) is 0 Å². The quantitative estimate of drug-likeness (QED) is 0.755. The normalized spacial score (nSPS) is 11.4. The van der Waals surface area contributed by atoms with Crippen molar-refractivity contribution in [2.24, 2.45) is 0 Å². The van der Waals surface area contributed by atoms with E-state index >= 15 is 0 Å². The number of hydrogen-bond donors (Lipinski definition) is 0. The first-order chi connectivity index (χ1) is 9.36. The lowest BCUT2D eigenvalue weighted by atomic mass is 9.98. The molecule has 104 valence electrons. The molecule has 2 rings (SSSR count). The van der Waals surface area contributed by atoms with Crippen molar-refractivity contribution in [3.05, 3.63) is 70.8 Å². The summed E-state index contributed by atoms with van der Waals surface area (Å²) >= 11 is 0. The zero-order valence-electron chi connectivity index (χ0n) is 10.9. The summed E-state index contributed by atoms with van der Waals surface area (Å²) in [5, 5.41) is 0. The average Bonchev–Trinajstić information content (AvgIpc) is 2.38. The molecule has 2 aromatic rings. The van der Waals surface area contributed by atoms with E-state index in [4.69, 9.17) is 0 Å². The van der Waals surface area contributed by atoms with Gasteiger partial charge in [-0.3, -0.25) is 4.79 Å². The van der Waals surface area contributed by atoms with E-state index < -0.39 is 11.7 Å². The number of alkyl halides is 3. The Bertz CT molecular complexity index is 615. The van der Waals surface area contributed by atoms with Gasteiger partial charge in [0.1, 0.15) is 0 Å². The van der Waals surface area contributed by atoms with E-state index in [1.54, 1.807) is 0 Å². The van der Waals surface area contributed by atoms with E-state index in [0.29, 0.717) is 12.0 Å². The molecule has 2 aromatic carbocycles. The molecule has 0 saturated heterocycles. The molecule has 0 saturated carbocycles. The lowest BCUT2D eigenvalue weighted by Gasteiger charge is -2.11. The highest BCUT2D eigenvalue weighted by Gasteiger charge is 2.31. The summed E-state index contributed by atoms with van der Waals surface area (Å²) in [6, 6.07) is 12.7. The van der Waals surface area contributed by atoms with E-state index in [0.717, 1.165) is 17.7 Å². The molecule has 1 nitrogen and oxygen atoms in total. The molecule has 0 amide bonds. The van der Waals surface area contributed by atoms with Crippen LogP contribution in [0.1, 0.15) is 34.0 Å². The summed E-state index contributed by atoms with van der Waals surface area (Å²) in [6.45, 7) is 1.27. The van der Waals surface area contributed by atoms with Crippen LogP contribution in [0, 0.1) is 0 Å². The van der Waals surface area contributed by atoms with Crippen LogP contribution in [-0.4, -0.2) is 5.78 Å². The van der Waals surface area contributed by atoms with Gasteiger partial charge in [-0.25, -0.2) is 0 Å². The van der Waals surface area contributed by atoms with Crippen LogP contribution in [0.25, 0.3) is 0 Å². The van der Waals surface area contributed by atoms with E-state index in [1.165, 1.54) is 13.0 Å². The molecule has 0 spiro atoms. The van der Waals surface area contributed by atoms with Gasteiger partial charge in [0.15, 0.2) is 5.78 Å². The number of ketones is 1. The molecule has 0 aliphatic carbocycles. The first-order valence-corrected chi connectivity index (χ1v) is 6.12. The fourth-order valence-corrected chi connectivity index (χ4v) is 1.99. The smallest absolute Gasteiger partial charge is 0.295 e. The highest BCUT2D eigenvalue weighted by atomic mass is 19.4. The van der Waals surface area contributed by atoms with E-state index in [9.17, 15) is 18.0 Å². The number of carbonyl (C=O) groups excluding carboxylic acids is 1. The minimum absolute atomic E-state index is 0.0887. The maximum absolute atomic E-state index is 12.8. The SMILES string of the molecule is CC(=O)c1cc(Cc2ccccc2)cc(C(F)(F)F)c1. The minimum atomic E-state index is -4.45. The Kier molecular flexibility index (Phi) is 3.93. The lowest BCUT2D eigenvalue weighted by molar-refractivity contribution is -0.137. The van der Waals surface area contributed by atoms with Crippen LogP contribution in [0.15, 0.2) is 48.5 Å². The number of carbonyl (C=O) groups is 1. The second-order valence-corrected chi connectivity index (χ2v) is 4.63. The first-order valence-electron chi connectivity index (χ1n) is 6.12. The molecule has 0 radical (unpaired) electrons. The van der Waals surface area contributed by atoms with Crippen LogP contribution in [0.4, 0.5) is 13.2 Å². The second kappa shape index (κ2) is 5.49. The van der Waals surface area contributed by atoms with Gasteiger partial charge in [0.2, 0.25) is 0 Å². The van der Waals surface area contributed by atoms with Crippen LogP contribution in [-0.2, 0) is 12.6 Å². The Morgan fingerprint density at radius 3 is 2.20 bits per heavy atom. The summed E-state index contributed by atoms with van der Waals surface area (Å²) in [5.74, 6) is -0.370. The summed E-state index contributed by atoms with van der Waals surface area (Å²) in [6.07, 6.45) is -4.08. The number of rotatable bonds is 3. The van der Waals surface area contributed by atoms with Crippen LogP contribution in [0.3, 0.4) is 0 Å². The average molecular weight is 278 g/mol. The number of Topliss-reactive ketones (excluding diaryl/α,β-unsaturated/α-hetero) is 1. The fraction of sp³-hybridized carbons (Fsp3) is 0.188. The Balaban J connectivity index is 2.42. The summed E-state index contributed by atoms with van der Waals surface area (Å²) in [4.78, 5) is 11.4. The van der Waals surface area contributed by atoms with E-state index in [1.807, 2.05) is 30.3 Å². The van der Waals surface area contributed by atoms with Gasteiger partial charge in [-0.1, -0.05) is 30.3 Å². The highest BCUT2D eigenvalue weighted by Crippen LogP contribution is 2.31. The van der Waals surface area contributed by atoms with Gasteiger partial charge in [0, 0.05) is 5.56 Å². The van der Waals surface area contributed by atoms with Crippen molar-refractivity contribution < 1.29 is 18.0 Å². The van der Waals surface area contributed by atoms with Gasteiger partial charge < -0.3 is 0 Å². The lowest BCUT2D eigenvalue weighted by Crippen LogP contribution is -2.08. The van der Waals surface area contributed by atoms with Crippen molar-refractivity contribution in [2.75, 3.05) is 0 Å². The molecule has 0 bridgehead atoms. The Morgan fingerprint density at radius 2 is 1.65 bits per heavy atom. The van der Waals surface area contributed by atoms with E-state index in [-0.39, 0.29) is 11.3 Å². The minimum Gasteiger partial charge on any atom is -0.295 e. The third-order valence-corrected chi connectivity index (χ3v) is 2.98. The Morgan fingerprint density at radius 1 is 1.00 bits per heavy atom. The van der Waals surface area contributed by atoms with Crippen LogP contribution < -0.4 is 0 Å². The molecule has 20 heavy (non-hydrogen) atoms. The maximum atomic E-state index is 12.8.